The van der Waals surface area contributed by atoms with Crippen LogP contribution in [-0.4, -0.2) is 31.7 Å². The van der Waals surface area contributed by atoms with E-state index in [4.69, 9.17) is 10.5 Å². The number of hydrogen-bond donors (Lipinski definition) is 2. The summed E-state index contributed by atoms with van der Waals surface area (Å²) < 4.78 is 17.8. The van der Waals surface area contributed by atoms with E-state index in [2.05, 4.69) is 10.3 Å². The minimum atomic E-state index is -0.670. The summed E-state index contributed by atoms with van der Waals surface area (Å²) in [7, 11) is 1.60. The number of aliphatic imine (C=N–C) groups is 1. The highest BCUT2D eigenvalue weighted by Crippen LogP contribution is 2.26. The molecule has 0 aromatic heterocycles. The van der Waals surface area contributed by atoms with Gasteiger partial charge in [0.15, 0.2) is 6.10 Å². The molecule has 0 spiro atoms. The van der Waals surface area contributed by atoms with Crippen molar-refractivity contribution in [3.05, 3.63) is 35.4 Å². The Morgan fingerprint density at radius 3 is 2.72 bits per heavy atom. The van der Waals surface area contributed by atoms with Crippen LogP contribution < -0.4 is 11.1 Å². The second-order valence-electron chi connectivity index (χ2n) is 3.96. The van der Waals surface area contributed by atoms with E-state index in [1.165, 1.54) is 0 Å². The lowest BCUT2D eigenvalue weighted by molar-refractivity contribution is 0.128. The van der Waals surface area contributed by atoms with Crippen LogP contribution in [0, 0.1) is 0 Å². The third kappa shape index (κ3) is 2.27. The van der Waals surface area contributed by atoms with Crippen LogP contribution in [0.4, 0.5) is 9.18 Å². The molecule has 2 rings (SSSR count). The summed E-state index contributed by atoms with van der Waals surface area (Å²) in [5.74, 6) is 0.421. The molecule has 5 nitrogen and oxygen atoms in total. The number of nitrogens with two attached hydrogens (primary N) is 1. The summed E-state index contributed by atoms with van der Waals surface area (Å²) in [5, 5.41) is 2.42. The van der Waals surface area contributed by atoms with Crippen LogP contribution in [0.15, 0.2) is 29.3 Å². The van der Waals surface area contributed by atoms with Gasteiger partial charge >= 0.3 is 6.09 Å². The zero-order valence-electron chi connectivity index (χ0n) is 9.89. The number of nitrogens with zero attached hydrogens (tertiary/aromatic N) is 1. The minimum Gasteiger partial charge on any atom is -0.439 e. The van der Waals surface area contributed by atoms with Gasteiger partial charge in [-0.15, -0.1) is 0 Å². The van der Waals surface area contributed by atoms with Crippen molar-refractivity contribution in [2.24, 2.45) is 10.7 Å². The lowest BCUT2D eigenvalue weighted by atomic mass is 10.0. The first-order valence-corrected chi connectivity index (χ1v) is 5.51. The van der Waals surface area contributed by atoms with E-state index in [1.54, 1.807) is 31.3 Å². The fraction of sp³-hybridized carbons (Fsp3) is 0.333. The van der Waals surface area contributed by atoms with Crippen molar-refractivity contribution in [3.63, 3.8) is 0 Å². The molecule has 3 N–H and O–H groups in total. The van der Waals surface area contributed by atoms with Crippen molar-refractivity contribution in [3.8, 4) is 0 Å². The van der Waals surface area contributed by atoms with Crippen molar-refractivity contribution < 1.29 is 13.9 Å². The summed E-state index contributed by atoms with van der Waals surface area (Å²) in [6.45, 7) is -0.670. The van der Waals surface area contributed by atoms with Gasteiger partial charge in [-0.2, -0.15) is 0 Å². The second kappa shape index (κ2) is 5.03. The Balaban J connectivity index is 2.21. The number of ether oxygens (including phenoxy) is 1. The molecule has 1 saturated heterocycles. The summed E-state index contributed by atoms with van der Waals surface area (Å²) >= 11 is 0. The number of amidine groups is 1. The van der Waals surface area contributed by atoms with Gasteiger partial charge in [-0.3, -0.25) is 4.99 Å². The average Bonchev–Trinajstić information content (AvgIpc) is 2.79. The SMILES string of the molecule is CN=C(N)c1ccc([C@H]2OC(=O)N[C@@H]2CF)cc1. The standard InChI is InChI=1S/C12H14FN3O2/c1-15-11(14)8-4-2-7(3-5-8)10-9(6-13)16-12(17)18-10/h2-5,9-10H,6H2,1H3,(H2,14,15)(H,16,17)/t9-,10-/m1/s1. The number of amides is 1. The van der Waals surface area contributed by atoms with Crippen LogP contribution in [0.5, 0.6) is 0 Å². The molecule has 96 valence electrons. The minimum absolute atomic E-state index is 0.421. The molecular formula is C12H14FN3O2. The van der Waals surface area contributed by atoms with Crippen molar-refractivity contribution in [2.75, 3.05) is 13.7 Å². The lowest BCUT2D eigenvalue weighted by Crippen LogP contribution is -2.29. The topological polar surface area (TPSA) is 76.7 Å². The van der Waals surface area contributed by atoms with Gasteiger partial charge in [0.1, 0.15) is 18.6 Å². The Morgan fingerprint density at radius 2 is 2.17 bits per heavy atom. The molecule has 0 aliphatic carbocycles. The summed E-state index contributed by atoms with van der Waals surface area (Å²) in [4.78, 5) is 14.9. The van der Waals surface area contributed by atoms with E-state index < -0.39 is 24.9 Å². The van der Waals surface area contributed by atoms with Crippen LogP contribution in [-0.2, 0) is 4.74 Å². The number of rotatable bonds is 3. The number of nitrogens with one attached hydrogen (secondary N) is 1. The smallest absolute Gasteiger partial charge is 0.408 e. The van der Waals surface area contributed by atoms with E-state index in [9.17, 15) is 9.18 Å². The van der Waals surface area contributed by atoms with Crippen LogP contribution >= 0.6 is 0 Å². The first kappa shape index (κ1) is 12.3. The predicted molar refractivity (Wildman–Crippen MR) is 65.2 cm³/mol. The highest BCUT2D eigenvalue weighted by atomic mass is 19.1. The summed E-state index contributed by atoms with van der Waals surface area (Å²) in [5.41, 5.74) is 7.16. The maximum atomic E-state index is 12.7. The number of carbonyl (C=O) groups excluding carboxylic acids is 1. The number of halogens is 1. The number of cyclic esters (lactones) is 1. The van der Waals surface area contributed by atoms with Gasteiger partial charge in [-0.05, 0) is 5.56 Å². The number of alkyl halides is 1. The molecule has 1 aromatic carbocycles. The number of hydrogen-bond acceptors (Lipinski definition) is 3. The normalized spacial score (nSPS) is 23.7. The molecule has 1 aliphatic rings. The molecule has 1 fully saturated rings. The average molecular weight is 251 g/mol. The molecule has 0 bridgehead atoms. The first-order valence-electron chi connectivity index (χ1n) is 5.51. The van der Waals surface area contributed by atoms with Crippen molar-refractivity contribution in [2.45, 2.75) is 12.1 Å². The molecule has 1 aromatic rings. The van der Waals surface area contributed by atoms with E-state index >= 15 is 0 Å². The molecule has 18 heavy (non-hydrogen) atoms. The van der Waals surface area contributed by atoms with Crippen molar-refractivity contribution in [1.29, 1.82) is 0 Å². The Hall–Kier alpha value is -2.11. The van der Waals surface area contributed by atoms with E-state index in [-0.39, 0.29) is 0 Å². The van der Waals surface area contributed by atoms with Gasteiger partial charge in [0.25, 0.3) is 0 Å². The number of carbonyl (C=O) groups is 1. The zero-order valence-corrected chi connectivity index (χ0v) is 9.89. The van der Waals surface area contributed by atoms with E-state index in [1.807, 2.05) is 0 Å². The Kier molecular flexibility index (Phi) is 3.45. The van der Waals surface area contributed by atoms with Gasteiger partial charge in [-0.25, -0.2) is 9.18 Å². The van der Waals surface area contributed by atoms with Gasteiger partial charge in [0, 0.05) is 12.6 Å². The summed E-state index contributed by atoms with van der Waals surface area (Å²) in [6.07, 6.45) is -1.20. The monoisotopic (exact) mass is 251 g/mol. The van der Waals surface area contributed by atoms with Crippen LogP contribution in [0.3, 0.4) is 0 Å². The Labute approximate surface area is 104 Å². The third-order valence-electron chi connectivity index (χ3n) is 2.84. The Morgan fingerprint density at radius 1 is 1.50 bits per heavy atom. The van der Waals surface area contributed by atoms with Crippen molar-refractivity contribution in [1.82, 2.24) is 5.32 Å². The van der Waals surface area contributed by atoms with E-state index in [0.717, 1.165) is 11.1 Å². The van der Waals surface area contributed by atoms with E-state index in [0.29, 0.717) is 5.84 Å². The molecule has 0 saturated carbocycles. The van der Waals surface area contributed by atoms with Crippen molar-refractivity contribution >= 4 is 11.9 Å². The summed E-state index contributed by atoms with van der Waals surface area (Å²) in [6, 6.07) is 6.39. The maximum Gasteiger partial charge on any atom is 0.408 e. The van der Waals surface area contributed by atoms with Gasteiger partial charge < -0.3 is 15.8 Å². The second-order valence-corrected chi connectivity index (χ2v) is 3.96. The largest absolute Gasteiger partial charge is 0.439 e. The number of alkyl carbamates (subject to hydrolysis) is 1. The van der Waals surface area contributed by atoms with Gasteiger partial charge in [0.05, 0.1) is 0 Å². The molecule has 1 amide bonds. The highest BCUT2D eigenvalue weighted by molar-refractivity contribution is 5.97. The Bertz CT molecular complexity index is 473. The predicted octanol–water partition coefficient (Wildman–Crippen LogP) is 1.14. The van der Waals surface area contributed by atoms with Crippen LogP contribution in [0.25, 0.3) is 0 Å². The molecular weight excluding hydrogens is 237 g/mol. The fourth-order valence-corrected chi connectivity index (χ4v) is 1.85. The van der Waals surface area contributed by atoms with Crippen LogP contribution in [0.1, 0.15) is 17.2 Å². The fourth-order valence-electron chi connectivity index (χ4n) is 1.85. The quantitative estimate of drug-likeness (QED) is 0.624. The molecule has 0 unspecified atom stereocenters. The number of benzene rings is 1. The lowest BCUT2D eigenvalue weighted by Gasteiger charge is -2.14. The molecule has 1 aliphatic heterocycles. The molecule has 6 heteroatoms. The van der Waals surface area contributed by atoms with Crippen LogP contribution in [0.2, 0.25) is 0 Å². The zero-order chi connectivity index (χ0) is 13.1. The molecule has 0 radical (unpaired) electrons. The maximum absolute atomic E-state index is 12.7. The molecule has 2 atom stereocenters. The molecule has 1 heterocycles. The first-order chi connectivity index (χ1) is 8.65. The third-order valence-corrected chi connectivity index (χ3v) is 2.84. The van der Waals surface area contributed by atoms with Gasteiger partial charge in [-0.1, -0.05) is 24.3 Å². The highest BCUT2D eigenvalue weighted by Gasteiger charge is 2.35. The van der Waals surface area contributed by atoms with Gasteiger partial charge in [0.2, 0.25) is 0 Å².